The first-order chi connectivity index (χ1) is 8.54. The maximum absolute atomic E-state index is 11.7. The number of nitro groups is 1. The van der Waals surface area contributed by atoms with Crippen LogP contribution in [0.2, 0.25) is 0 Å². The third-order valence-electron chi connectivity index (χ3n) is 2.17. The summed E-state index contributed by atoms with van der Waals surface area (Å²) in [5.74, 6) is -0.652. The summed E-state index contributed by atoms with van der Waals surface area (Å²) in [7, 11) is 2.60. The van der Waals surface area contributed by atoms with Gasteiger partial charge in [-0.05, 0) is 13.0 Å². The van der Waals surface area contributed by atoms with Crippen molar-refractivity contribution in [3.63, 3.8) is 0 Å². The van der Waals surface area contributed by atoms with Gasteiger partial charge in [0.2, 0.25) is 5.75 Å². The van der Waals surface area contributed by atoms with Gasteiger partial charge in [-0.3, -0.25) is 10.1 Å². The van der Waals surface area contributed by atoms with Crippen LogP contribution >= 0.6 is 0 Å². The van der Waals surface area contributed by atoms with E-state index < -0.39 is 10.9 Å². The van der Waals surface area contributed by atoms with Crippen LogP contribution in [0.15, 0.2) is 12.1 Å². The molecule has 1 aromatic rings. The van der Waals surface area contributed by atoms with Crippen LogP contribution in [0.3, 0.4) is 0 Å². The van der Waals surface area contributed by atoms with E-state index in [9.17, 15) is 14.9 Å². The molecule has 0 amide bonds. The molecule has 7 heteroatoms. The Labute approximate surface area is 103 Å². The van der Waals surface area contributed by atoms with Gasteiger partial charge in [-0.1, -0.05) is 0 Å². The minimum absolute atomic E-state index is 0.0367. The Morgan fingerprint density at radius 2 is 2.00 bits per heavy atom. The van der Waals surface area contributed by atoms with Gasteiger partial charge in [0.1, 0.15) is 11.3 Å². The van der Waals surface area contributed by atoms with E-state index in [0.717, 1.165) is 0 Å². The predicted octanol–water partition coefficient (Wildman–Crippen LogP) is 1.79. The van der Waals surface area contributed by atoms with E-state index in [2.05, 4.69) is 0 Å². The molecule has 0 saturated carbocycles. The number of nitro benzene ring substituents is 1. The molecule has 0 radical (unpaired) electrons. The normalized spacial score (nSPS) is 9.72. The number of nitrogens with zero attached hydrogens (tertiary/aromatic N) is 1. The highest BCUT2D eigenvalue weighted by molar-refractivity contribution is 5.94. The quantitative estimate of drug-likeness (QED) is 0.452. The Morgan fingerprint density at radius 3 is 2.44 bits per heavy atom. The highest BCUT2D eigenvalue weighted by atomic mass is 16.6. The van der Waals surface area contributed by atoms with Crippen LogP contribution in [0.25, 0.3) is 0 Å². The molecule has 0 bridgehead atoms. The summed E-state index contributed by atoms with van der Waals surface area (Å²) >= 11 is 0. The molecular weight excluding hydrogens is 242 g/mol. The zero-order chi connectivity index (χ0) is 13.7. The number of methoxy groups -OCH3 is 2. The summed E-state index contributed by atoms with van der Waals surface area (Å²) < 4.78 is 14.6. The van der Waals surface area contributed by atoms with Crippen molar-refractivity contribution in [1.29, 1.82) is 0 Å². The van der Waals surface area contributed by atoms with Gasteiger partial charge in [-0.2, -0.15) is 0 Å². The van der Waals surface area contributed by atoms with E-state index in [1.807, 2.05) is 0 Å². The van der Waals surface area contributed by atoms with Crippen LogP contribution in [0.1, 0.15) is 17.3 Å². The molecule has 0 unspecified atom stereocenters. The van der Waals surface area contributed by atoms with Gasteiger partial charge >= 0.3 is 11.7 Å². The van der Waals surface area contributed by atoms with Crippen molar-refractivity contribution >= 4 is 11.7 Å². The minimum Gasteiger partial charge on any atom is -0.496 e. The Bertz CT molecular complexity index is 471. The predicted molar refractivity (Wildman–Crippen MR) is 62.2 cm³/mol. The van der Waals surface area contributed by atoms with Crippen LogP contribution in [0.5, 0.6) is 11.5 Å². The van der Waals surface area contributed by atoms with Crippen molar-refractivity contribution in [3.05, 3.63) is 27.8 Å². The molecule has 1 rings (SSSR count). The molecule has 0 fully saturated rings. The van der Waals surface area contributed by atoms with Crippen LogP contribution in [-0.4, -0.2) is 31.7 Å². The Morgan fingerprint density at radius 1 is 1.33 bits per heavy atom. The highest BCUT2D eigenvalue weighted by Gasteiger charge is 2.25. The maximum Gasteiger partial charge on any atom is 0.342 e. The number of hydrogen-bond donors (Lipinski definition) is 0. The molecule has 0 aromatic heterocycles. The summed E-state index contributed by atoms with van der Waals surface area (Å²) in [6.07, 6.45) is 0. The number of esters is 1. The average Bonchev–Trinajstić information content (AvgIpc) is 2.37. The molecule has 0 saturated heterocycles. The smallest absolute Gasteiger partial charge is 0.342 e. The molecule has 0 N–H and O–H groups in total. The van der Waals surface area contributed by atoms with Gasteiger partial charge in [0.15, 0.2) is 0 Å². The van der Waals surface area contributed by atoms with Crippen LogP contribution in [0, 0.1) is 10.1 Å². The third-order valence-corrected chi connectivity index (χ3v) is 2.17. The van der Waals surface area contributed by atoms with Gasteiger partial charge < -0.3 is 14.2 Å². The largest absolute Gasteiger partial charge is 0.496 e. The molecule has 0 aliphatic heterocycles. The highest BCUT2D eigenvalue weighted by Crippen LogP contribution is 2.35. The Hall–Kier alpha value is -2.31. The lowest BCUT2D eigenvalue weighted by atomic mass is 10.1. The van der Waals surface area contributed by atoms with Crippen molar-refractivity contribution in [1.82, 2.24) is 0 Å². The van der Waals surface area contributed by atoms with Gasteiger partial charge in [0.25, 0.3) is 0 Å². The van der Waals surface area contributed by atoms with E-state index in [4.69, 9.17) is 14.2 Å². The summed E-state index contributed by atoms with van der Waals surface area (Å²) in [6.45, 7) is 1.80. The number of ether oxygens (including phenoxy) is 3. The van der Waals surface area contributed by atoms with Crippen LogP contribution in [-0.2, 0) is 4.74 Å². The lowest BCUT2D eigenvalue weighted by Crippen LogP contribution is -2.08. The van der Waals surface area contributed by atoms with Crippen molar-refractivity contribution in [2.75, 3.05) is 20.8 Å². The molecule has 7 nitrogen and oxygen atoms in total. The first-order valence-electron chi connectivity index (χ1n) is 5.12. The fourth-order valence-electron chi connectivity index (χ4n) is 1.42. The minimum atomic E-state index is -0.698. The zero-order valence-corrected chi connectivity index (χ0v) is 10.3. The van der Waals surface area contributed by atoms with Crippen molar-refractivity contribution in [2.45, 2.75) is 6.92 Å². The van der Waals surface area contributed by atoms with Crippen LogP contribution in [0.4, 0.5) is 5.69 Å². The summed E-state index contributed by atoms with van der Waals surface area (Å²) in [4.78, 5) is 21.9. The number of benzene rings is 1. The molecular formula is C11H13NO6. The SMILES string of the molecule is CCOC(=O)c1cc(OC)cc([N+](=O)[O-])c1OC. The summed E-state index contributed by atoms with van der Waals surface area (Å²) in [6, 6.07) is 2.52. The number of hydrogen-bond acceptors (Lipinski definition) is 6. The van der Waals surface area contributed by atoms with Crippen LogP contribution < -0.4 is 9.47 Å². The van der Waals surface area contributed by atoms with Gasteiger partial charge in [0, 0.05) is 0 Å². The van der Waals surface area contributed by atoms with E-state index in [-0.39, 0.29) is 29.4 Å². The van der Waals surface area contributed by atoms with Gasteiger partial charge in [-0.25, -0.2) is 4.79 Å². The lowest BCUT2D eigenvalue weighted by Gasteiger charge is -2.10. The Kier molecular flexibility index (Phi) is 4.47. The van der Waals surface area contributed by atoms with E-state index >= 15 is 0 Å². The fourth-order valence-corrected chi connectivity index (χ4v) is 1.42. The summed E-state index contributed by atoms with van der Waals surface area (Å²) in [5, 5.41) is 10.9. The number of carbonyl (C=O) groups is 1. The monoisotopic (exact) mass is 255 g/mol. The first kappa shape index (κ1) is 13.8. The molecule has 0 aliphatic rings. The second-order valence-electron chi connectivity index (χ2n) is 3.20. The standard InChI is InChI=1S/C11H13NO6/c1-4-18-11(13)8-5-7(16-2)6-9(12(14)15)10(8)17-3/h5-6H,4H2,1-3H3. The second kappa shape index (κ2) is 5.85. The molecule has 0 aliphatic carbocycles. The number of rotatable bonds is 5. The fraction of sp³-hybridized carbons (Fsp3) is 0.364. The lowest BCUT2D eigenvalue weighted by molar-refractivity contribution is -0.385. The van der Waals surface area contributed by atoms with E-state index in [1.54, 1.807) is 6.92 Å². The van der Waals surface area contributed by atoms with Crippen molar-refractivity contribution < 1.29 is 23.9 Å². The first-order valence-corrected chi connectivity index (χ1v) is 5.12. The zero-order valence-electron chi connectivity index (χ0n) is 10.3. The third kappa shape index (κ3) is 2.68. The van der Waals surface area contributed by atoms with Gasteiger partial charge in [0.05, 0.1) is 31.8 Å². The van der Waals surface area contributed by atoms with Gasteiger partial charge in [-0.15, -0.1) is 0 Å². The molecule has 1 aromatic carbocycles. The van der Waals surface area contributed by atoms with Crippen molar-refractivity contribution in [3.8, 4) is 11.5 Å². The maximum atomic E-state index is 11.7. The van der Waals surface area contributed by atoms with Crippen molar-refractivity contribution in [2.24, 2.45) is 0 Å². The molecule has 0 atom stereocenters. The number of carbonyl (C=O) groups excluding carboxylic acids is 1. The molecule has 98 valence electrons. The van der Waals surface area contributed by atoms with E-state index in [1.165, 1.54) is 26.4 Å². The molecule has 18 heavy (non-hydrogen) atoms. The topological polar surface area (TPSA) is 87.9 Å². The van der Waals surface area contributed by atoms with E-state index in [0.29, 0.717) is 0 Å². The summed E-state index contributed by atoms with van der Waals surface area (Å²) in [5.41, 5.74) is -0.384. The average molecular weight is 255 g/mol. The molecule has 0 heterocycles. The Balaban J connectivity index is 3.42. The molecule has 0 spiro atoms. The second-order valence-corrected chi connectivity index (χ2v) is 3.20.